The van der Waals surface area contributed by atoms with Crippen LogP contribution in [-0.4, -0.2) is 0 Å². The molecular weight excluding hydrogens is 975 g/mol. The van der Waals surface area contributed by atoms with E-state index in [0.29, 0.717) is 0 Å². The van der Waals surface area contributed by atoms with Crippen molar-refractivity contribution in [3.63, 3.8) is 0 Å². The van der Waals surface area contributed by atoms with Gasteiger partial charge in [-0.25, -0.2) is 0 Å². The molecule has 8 aromatic carbocycles. The zero-order valence-electron chi connectivity index (χ0n) is 48.0. The van der Waals surface area contributed by atoms with Crippen molar-refractivity contribution in [2.45, 2.75) is 151 Å². The number of anilines is 9. The number of hydrogen-bond acceptors (Lipinski definition) is 3. The van der Waals surface area contributed by atoms with Crippen LogP contribution in [0.2, 0.25) is 0 Å². The van der Waals surface area contributed by atoms with Crippen molar-refractivity contribution in [3.8, 4) is 11.1 Å². The van der Waals surface area contributed by atoms with E-state index in [1.54, 1.807) is 0 Å². The molecule has 1 aliphatic rings. The molecule has 4 heteroatoms. The van der Waals surface area contributed by atoms with Gasteiger partial charge in [0.2, 0.25) is 0 Å². The Bertz CT molecular complexity index is 3310. The predicted molar refractivity (Wildman–Crippen MR) is 329 cm³/mol. The molecule has 0 atom stereocenters. The average molecular weight is 1060 g/mol. The topological polar surface area (TPSA) is 9.72 Å². The van der Waals surface area contributed by atoms with Gasteiger partial charge >= 0.3 is 0 Å². The van der Waals surface area contributed by atoms with E-state index in [-0.39, 0.29) is 27.1 Å². The van der Waals surface area contributed by atoms with E-state index in [0.717, 1.165) is 62.0 Å². The van der Waals surface area contributed by atoms with Crippen molar-refractivity contribution < 1.29 is 0 Å². The van der Waals surface area contributed by atoms with Crippen molar-refractivity contribution in [3.05, 3.63) is 218 Å². The second kappa shape index (κ2) is 19.6. The van der Waals surface area contributed by atoms with Crippen LogP contribution in [0.5, 0.6) is 0 Å². The third-order valence-corrected chi connectivity index (χ3v) is 17.0. The molecule has 8 aromatic rings. The highest BCUT2D eigenvalue weighted by molar-refractivity contribution is 9.10. The molecule has 0 aromatic heterocycles. The van der Waals surface area contributed by atoms with Crippen molar-refractivity contribution in [1.82, 2.24) is 0 Å². The van der Waals surface area contributed by atoms with Crippen LogP contribution in [0.15, 0.2) is 168 Å². The smallest absolute Gasteiger partial charge is 0.0657 e. The maximum Gasteiger partial charge on any atom is 0.0657 e. The molecule has 0 unspecified atom stereocenters. The summed E-state index contributed by atoms with van der Waals surface area (Å²) in [5.41, 5.74) is 24.1. The first-order valence-electron chi connectivity index (χ1n) is 27.2. The van der Waals surface area contributed by atoms with Crippen LogP contribution in [-0.2, 0) is 27.1 Å². The Kier molecular flexibility index (Phi) is 14.0. The Balaban J connectivity index is 1.30. The van der Waals surface area contributed by atoms with E-state index in [1.807, 2.05) is 0 Å². The lowest BCUT2D eigenvalue weighted by atomic mass is 9.82. The van der Waals surface area contributed by atoms with Gasteiger partial charge in [0.25, 0.3) is 0 Å². The highest BCUT2D eigenvalue weighted by Gasteiger charge is 2.36. The van der Waals surface area contributed by atoms with Gasteiger partial charge in [-0.2, -0.15) is 0 Å². The number of aryl methyl sites for hydroxylation is 3. The van der Waals surface area contributed by atoms with E-state index in [4.69, 9.17) is 0 Å². The Morgan fingerprint density at radius 1 is 0.400 bits per heavy atom. The average Bonchev–Trinajstić information content (AvgIpc) is 3.61. The van der Waals surface area contributed by atoms with E-state index in [9.17, 15) is 0 Å². The third-order valence-electron chi connectivity index (χ3n) is 16.2. The molecule has 0 N–H and O–H groups in total. The number of nitrogens with zero attached hydrogens (tertiary/aromatic N) is 3. The number of hydrogen-bond donors (Lipinski definition) is 0. The lowest BCUT2D eigenvalue weighted by Crippen LogP contribution is -2.19. The summed E-state index contributed by atoms with van der Waals surface area (Å²) in [7, 11) is 0. The minimum absolute atomic E-state index is 0.0138. The predicted octanol–water partition coefficient (Wildman–Crippen LogP) is 21.7. The molecular formula is C71H80BrN3. The zero-order valence-corrected chi connectivity index (χ0v) is 49.6. The van der Waals surface area contributed by atoms with Gasteiger partial charge in [0.15, 0.2) is 0 Å². The molecule has 0 amide bonds. The minimum atomic E-state index is -0.191. The van der Waals surface area contributed by atoms with Crippen molar-refractivity contribution in [2.24, 2.45) is 0 Å². The molecule has 0 bridgehead atoms. The van der Waals surface area contributed by atoms with Gasteiger partial charge < -0.3 is 14.7 Å². The van der Waals surface area contributed by atoms with Crippen molar-refractivity contribution >= 4 is 67.1 Å². The van der Waals surface area contributed by atoms with Crippen LogP contribution in [0.4, 0.5) is 51.2 Å². The molecule has 3 nitrogen and oxygen atoms in total. The normalized spacial score (nSPS) is 13.4. The molecule has 0 saturated heterocycles. The third kappa shape index (κ3) is 10.2. The lowest BCUT2D eigenvalue weighted by molar-refractivity contribution is 0.506. The Labute approximate surface area is 459 Å². The second-order valence-corrected chi connectivity index (χ2v) is 26.4. The van der Waals surface area contributed by atoms with E-state index < -0.39 is 0 Å². The molecule has 0 radical (unpaired) electrons. The molecule has 1 aliphatic carbocycles. The lowest BCUT2D eigenvalue weighted by Gasteiger charge is -2.34. The zero-order chi connectivity index (χ0) is 54.2. The maximum absolute atomic E-state index is 4.40. The summed E-state index contributed by atoms with van der Waals surface area (Å²) < 4.78 is 0.997. The van der Waals surface area contributed by atoms with Crippen LogP contribution >= 0.6 is 15.9 Å². The molecule has 0 fully saturated rings. The van der Waals surface area contributed by atoms with Crippen LogP contribution in [0.1, 0.15) is 153 Å². The fraction of sp³-hybridized carbons (Fsp3) is 0.324. The molecule has 0 aliphatic heterocycles. The van der Waals surface area contributed by atoms with Crippen molar-refractivity contribution in [1.29, 1.82) is 0 Å². The highest BCUT2D eigenvalue weighted by Crippen LogP contribution is 2.54. The quantitative estimate of drug-likeness (QED) is 0.128. The maximum atomic E-state index is 4.40. The standard InChI is InChI=1S/C71H80BrN3/c1-18-70(14,15)51-30-36-55(37-31-51)75(66-47(3)42-52(43-48(66)4)69(11,12)13)57-23-21-22-56(44-57)74(58-38-39-60-59-24-19-20-25-61(59)71(16,17)62(60)45-58)64-41-46(2)40-63(65(64)72)73(53-32-26-49(27-33-53)67(5,6)7)54-34-28-50(29-35-54)68(8,9)10/h19-45H,18H2,1-17H3. The van der Waals surface area contributed by atoms with Crippen LogP contribution in [0, 0.1) is 20.8 Å². The summed E-state index contributed by atoms with van der Waals surface area (Å²) in [6.45, 7) is 39.1. The van der Waals surface area contributed by atoms with Gasteiger partial charge in [0.1, 0.15) is 0 Å². The largest absolute Gasteiger partial charge is 0.310 e. The van der Waals surface area contributed by atoms with Gasteiger partial charge in [-0.1, -0.05) is 182 Å². The van der Waals surface area contributed by atoms with Crippen LogP contribution < -0.4 is 14.7 Å². The number of fused-ring (bicyclic) bond motifs is 3. The number of halogens is 1. The van der Waals surface area contributed by atoms with Gasteiger partial charge in [-0.3, -0.25) is 0 Å². The molecule has 0 saturated carbocycles. The Hall–Kier alpha value is -6.36. The Morgan fingerprint density at radius 2 is 0.813 bits per heavy atom. The molecule has 386 valence electrons. The van der Waals surface area contributed by atoms with Gasteiger partial charge in [0, 0.05) is 39.5 Å². The van der Waals surface area contributed by atoms with E-state index >= 15 is 0 Å². The molecule has 0 heterocycles. The van der Waals surface area contributed by atoms with E-state index in [2.05, 4.69) is 312 Å². The van der Waals surface area contributed by atoms with Crippen molar-refractivity contribution in [2.75, 3.05) is 14.7 Å². The van der Waals surface area contributed by atoms with Crippen LogP contribution in [0.3, 0.4) is 0 Å². The fourth-order valence-corrected chi connectivity index (χ4v) is 11.7. The Morgan fingerprint density at radius 3 is 1.31 bits per heavy atom. The summed E-state index contributed by atoms with van der Waals surface area (Å²) >= 11 is 4.40. The number of benzene rings is 8. The fourth-order valence-electron chi connectivity index (χ4n) is 11.1. The first-order chi connectivity index (χ1) is 35.2. The summed E-state index contributed by atoms with van der Waals surface area (Å²) in [6, 6.07) is 62.4. The molecule has 75 heavy (non-hydrogen) atoms. The van der Waals surface area contributed by atoms with Gasteiger partial charge in [-0.15, -0.1) is 0 Å². The monoisotopic (exact) mass is 1050 g/mol. The highest BCUT2D eigenvalue weighted by atomic mass is 79.9. The van der Waals surface area contributed by atoms with Gasteiger partial charge in [-0.05, 0) is 205 Å². The first kappa shape index (κ1) is 53.5. The van der Waals surface area contributed by atoms with Gasteiger partial charge in [0.05, 0.1) is 21.5 Å². The summed E-state index contributed by atoms with van der Waals surface area (Å²) in [5, 5.41) is 0. The SMILES string of the molecule is CCC(C)(C)c1ccc(N(c2cccc(N(c3ccc4c(c3)C(C)(C)c3ccccc3-4)c3cc(C)cc(N(c4ccc(C(C)(C)C)cc4)c4ccc(C(C)(C)C)cc4)c3Br)c2)c2c(C)cc(C(C)(C)C)cc2C)cc1. The molecule has 0 spiro atoms. The summed E-state index contributed by atoms with van der Waals surface area (Å²) in [5.74, 6) is 0. The molecule has 9 rings (SSSR count). The van der Waals surface area contributed by atoms with E-state index in [1.165, 1.54) is 61.3 Å². The van der Waals surface area contributed by atoms with Crippen LogP contribution in [0.25, 0.3) is 11.1 Å². The first-order valence-corrected chi connectivity index (χ1v) is 28.0. The second-order valence-electron chi connectivity index (χ2n) is 25.6. The summed E-state index contributed by atoms with van der Waals surface area (Å²) in [4.78, 5) is 7.40. The minimum Gasteiger partial charge on any atom is -0.310 e. The summed E-state index contributed by atoms with van der Waals surface area (Å²) in [6.07, 6.45) is 1.06. The number of rotatable bonds is 11.